The number of nitrogens with two attached hydrogens (primary N) is 1. The van der Waals surface area contributed by atoms with E-state index in [1.807, 2.05) is 24.3 Å². The van der Waals surface area contributed by atoms with Crippen molar-refractivity contribution in [3.8, 4) is 5.75 Å². The number of ether oxygens (including phenoxy) is 1. The lowest BCUT2D eigenvalue weighted by Gasteiger charge is -2.15. The van der Waals surface area contributed by atoms with Crippen LogP contribution in [0.25, 0.3) is 0 Å². The third-order valence-electron chi connectivity index (χ3n) is 3.17. The number of carbonyl (C=O) groups is 1. The molecule has 0 saturated carbocycles. The second-order valence-electron chi connectivity index (χ2n) is 5.14. The lowest BCUT2D eigenvalue weighted by Crippen LogP contribution is -2.17. The Balaban J connectivity index is 2.46. The van der Waals surface area contributed by atoms with E-state index in [0.717, 1.165) is 11.4 Å². The molecule has 1 rings (SSSR count). The molecule has 3 N–H and O–H groups in total. The molecule has 0 aromatic heterocycles. The maximum atomic E-state index is 11.8. The number of nitrogens with one attached hydrogen (secondary N) is 1. The number of hydrogen-bond acceptors (Lipinski definition) is 3. The maximum absolute atomic E-state index is 11.8. The molecule has 4 nitrogen and oxygen atoms in total. The van der Waals surface area contributed by atoms with E-state index in [2.05, 4.69) is 26.1 Å². The van der Waals surface area contributed by atoms with Crippen LogP contribution in [0.4, 0.5) is 5.69 Å². The zero-order chi connectivity index (χ0) is 14.3. The third kappa shape index (κ3) is 5.75. The molecule has 4 heteroatoms. The van der Waals surface area contributed by atoms with Gasteiger partial charge in [0.25, 0.3) is 0 Å². The number of benzene rings is 1. The van der Waals surface area contributed by atoms with Crippen LogP contribution in [0.15, 0.2) is 24.3 Å². The Hall–Kier alpha value is -1.55. The van der Waals surface area contributed by atoms with Gasteiger partial charge in [0.15, 0.2) is 0 Å². The van der Waals surface area contributed by atoms with Crippen LogP contribution in [0, 0.1) is 11.8 Å². The fourth-order valence-electron chi connectivity index (χ4n) is 1.55. The monoisotopic (exact) mass is 264 g/mol. The Labute approximate surface area is 115 Å². The highest BCUT2D eigenvalue weighted by Crippen LogP contribution is 2.18. The maximum Gasteiger partial charge on any atom is 0.224 e. The quantitative estimate of drug-likeness (QED) is 0.795. The number of rotatable bonds is 7. The Kier molecular flexibility index (Phi) is 6.36. The van der Waals surface area contributed by atoms with Crippen molar-refractivity contribution in [3.05, 3.63) is 24.3 Å². The van der Waals surface area contributed by atoms with Crippen molar-refractivity contribution in [3.63, 3.8) is 0 Å². The Morgan fingerprint density at radius 2 is 1.89 bits per heavy atom. The molecule has 0 radical (unpaired) electrons. The molecule has 0 aliphatic carbocycles. The lowest BCUT2D eigenvalue weighted by atomic mass is 9.94. The lowest BCUT2D eigenvalue weighted by molar-refractivity contribution is -0.117. The van der Waals surface area contributed by atoms with E-state index < -0.39 is 0 Å². The standard InChI is InChI=1S/C15H24N2O2/c1-11(2)12(3)10-15(18)17-13-4-6-14(7-5-13)19-9-8-16/h4-7,11-12H,8-10,16H2,1-3H3,(H,17,18). The molecule has 1 aromatic rings. The summed E-state index contributed by atoms with van der Waals surface area (Å²) in [5.41, 5.74) is 6.15. The largest absolute Gasteiger partial charge is 0.492 e. The van der Waals surface area contributed by atoms with Crippen LogP contribution in [-0.2, 0) is 4.79 Å². The van der Waals surface area contributed by atoms with E-state index in [9.17, 15) is 4.79 Å². The van der Waals surface area contributed by atoms with E-state index >= 15 is 0 Å². The molecule has 1 amide bonds. The molecule has 0 saturated heterocycles. The van der Waals surface area contributed by atoms with Crippen molar-refractivity contribution in [2.24, 2.45) is 17.6 Å². The molecule has 19 heavy (non-hydrogen) atoms. The van der Waals surface area contributed by atoms with Gasteiger partial charge in [-0.2, -0.15) is 0 Å². The molecule has 0 fully saturated rings. The SMILES string of the molecule is CC(C)C(C)CC(=O)Nc1ccc(OCCN)cc1. The summed E-state index contributed by atoms with van der Waals surface area (Å²) in [7, 11) is 0. The first-order valence-electron chi connectivity index (χ1n) is 6.75. The van der Waals surface area contributed by atoms with Crippen LogP contribution in [0.1, 0.15) is 27.2 Å². The first kappa shape index (κ1) is 15.5. The minimum absolute atomic E-state index is 0.0526. The van der Waals surface area contributed by atoms with Gasteiger partial charge in [0, 0.05) is 18.7 Å². The van der Waals surface area contributed by atoms with E-state index in [0.29, 0.717) is 31.4 Å². The molecule has 0 heterocycles. The zero-order valence-corrected chi connectivity index (χ0v) is 12.0. The first-order chi connectivity index (χ1) is 9.02. The number of carbonyl (C=O) groups excluding carboxylic acids is 1. The molecule has 0 aliphatic rings. The van der Waals surface area contributed by atoms with Crippen molar-refractivity contribution in [2.45, 2.75) is 27.2 Å². The van der Waals surface area contributed by atoms with Crippen LogP contribution >= 0.6 is 0 Å². The predicted molar refractivity (Wildman–Crippen MR) is 78.2 cm³/mol. The van der Waals surface area contributed by atoms with Gasteiger partial charge in [0.1, 0.15) is 12.4 Å². The van der Waals surface area contributed by atoms with Crippen LogP contribution in [0.3, 0.4) is 0 Å². The minimum Gasteiger partial charge on any atom is -0.492 e. The Morgan fingerprint density at radius 3 is 2.42 bits per heavy atom. The molecular weight excluding hydrogens is 240 g/mol. The van der Waals surface area contributed by atoms with Crippen LogP contribution in [-0.4, -0.2) is 19.1 Å². The first-order valence-corrected chi connectivity index (χ1v) is 6.75. The molecule has 0 spiro atoms. The van der Waals surface area contributed by atoms with Crippen LogP contribution in [0.5, 0.6) is 5.75 Å². The van der Waals surface area contributed by atoms with Gasteiger partial charge in [-0.05, 0) is 36.1 Å². The summed E-state index contributed by atoms with van der Waals surface area (Å²) in [4.78, 5) is 11.8. The highest BCUT2D eigenvalue weighted by Gasteiger charge is 2.12. The molecule has 1 atom stereocenters. The number of amides is 1. The van der Waals surface area contributed by atoms with E-state index in [1.54, 1.807) is 0 Å². The van der Waals surface area contributed by atoms with Crippen molar-refractivity contribution < 1.29 is 9.53 Å². The normalized spacial score (nSPS) is 12.3. The average Bonchev–Trinajstić information content (AvgIpc) is 2.37. The summed E-state index contributed by atoms with van der Waals surface area (Å²) < 4.78 is 5.37. The van der Waals surface area contributed by atoms with Crippen molar-refractivity contribution in [2.75, 3.05) is 18.5 Å². The van der Waals surface area contributed by atoms with Gasteiger partial charge in [-0.1, -0.05) is 20.8 Å². The average molecular weight is 264 g/mol. The third-order valence-corrected chi connectivity index (χ3v) is 3.17. The van der Waals surface area contributed by atoms with Gasteiger partial charge in [-0.15, -0.1) is 0 Å². The summed E-state index contributed by atoms with van der Waals surface area (Å²) in [5, 5.41) is 2.89. The van der Waals surface area contributed by atoms with E-state index in [-0.39, 0.29) is 5.91 Å². The second-order valence-corrected chi connectivity index (χ2v) is 5.14. The van der Waals surface area contributed by atoms with Crippen molar-refractivity contribution in [1.82, 2.24) is 0 Å². The number of anilines is 1. The summed E-state index contributed by atoms with van der Waals surface area (Å²) in [6.07, 6.45) is 0.545. The van der Waals surface area contributed by atoms with E-state index in [4.69, 9.17) is 10.5 Å². The topological polar surface area (TPSA) is 64.3 Å². The summed E-state index contributed by atoms with van der Waals surface area (Å²) in [5.74, 6) is 1.71. The highest BCUT2D eigenvalue weighted by molar-refractivity contribution is 5.90. The number of hydrogen-bond donors (Lipinski definition) is 2. The minimum atomic E-state index is 0.0526. The molecule has 106 valence electrons. The van der Waals surface area contributed by atoms with Gasteiger partial charge in [-0.3, -0.25) is 4.79 Å². The highest BCUT2D eigenvalue weighted by atomic mass is 16.5. The second kappa shape index (κ2) is 7.79. The molecule has 0 aliphatic heterocycles. The smallest absolute Gasteiger partial charge is 0.224 e. The predicted octanol–water partition coefficient (Wildman–Crippen LogP) is 2.64. The molecule has 0 bridgehead atoms. The summed E-state index contributed by atoms with van der Waals surface area (Å²) >= 11 is 0. The van der Waals surface area contributed by atoms with Gasteiger partial charge in [0.2, 0.25) is 5.91 Å². The molecule has 1 aromatic carbocycles. The van der Waals surface area contributed by atoms with Crippen molar-refractivity contribution in [1.29, 1.82) is 0 Å². The van der Waals surface area contributed by atoms with Gasteiger partial charge in [-0.25, -0.2) is 0 Å². The van der Waals surface area contributed by atoms with Crippen LogP contribution in [0.2, 0.25) is 0 Å². The Morgan fingerprint density at radius 1 is 1.26 bits per heavy atom. The fourth-order valence-corrected chi connectivity index (χ4v) is 1.55. The van der Waals surface area contributed by atoms with Gasteiger partial charge >= 0.3 is 0 Å². The molecule has 1 unspecified atom stereocenters. The van der Waals surface area contributed by atoms with Crippen LogP contribution < -0.4 is 15.8 Å². The summed E-state index contributed by atoms with van der Waals surface area (Å²) in [6.45, 7) is 7.33. The molecular formula is C15H24N2O2. The van der Waals surface area contributed by atoms with Gasteiger partial charge in [0.05, 0.1) is 0 Å². The summed E-state index contributed by atoms with van der Waals surface area (Å²) in [6, 6.07) is 7.34. The van der Waals surface area contributed by atoms with Gasteiger partial charge < -0.3 is 15.8 Å². The van der Waals surface area contributed by atoms with Crippen molar-refractivity contribution >= 4 is 11.6 Å². The van der Waals surface area contributed by atoms with E-state index in [1.165, 1.54) is 0 Å². The zero-order valence-electron chi connectivity index (χ0n) is 12.0. The fraction of sp³-hybridized carbons (Fsp3) is 0.533. The Bertz CT molecular complexity index is 388.